The number of ether oxygens (including phenoxy) is 2. The smallest absolute Gasteiger partial charge is 0.333 e. The second kappa shape index (κ2) is 6.89. The summed E-state index contributed by atoms with van der Waals surface area (Å²) in [4.78, 5) is 24.2. The van der Waals surface area contributed by atoms with Crippen molar-refractivity contribution in [2.75, 3.05) is 0 Å². The van der Waals surface area contributed by atoms with Crippen molar-refractivity contribution in [2.45, 2.75) is 27.1 Å². The van der Waals surface area contributed by atoms with Crippen LogP contribution < -0.4 is 0 Å². The maximum Gasteiger partial charge on any atom is 0.333 e. The highest BCUT2D eigenvalue weighted by Gasteiger charge is 2.08. The van der Waals surface area contributed by atoms with Crippen LogP contribution >= 0.6 is 11.3 Å². The van der Waals surface area contributed by atoms with Gasteiger partial charge in [-0.2, -0.15) is 0 Å². The molecule has 0 atom stereocenters. The molecule has 0 radical (unpaired) electrons. The van der Waals surface area contributed by atoms with Crippen LogP contribution in [0.2, 0.25) is 0 Å². The van der Waals surface area contributed by atoms with Crippen LogP contribution in [0.3, 0.4) is 0 Å². The van der Waals surface area contributed by atoms with Gasteiger partial charge in [0.1, 0.15) is 13.2 Å². The predicted octanol–water partition coefficient (Wildman–Crippen LogP) is 2.99. The van der Waals surface area contributed by atoms with E-state index in [0.717, 1.165) is 9.75 Å². The summed E-state index contributed by atoms with van der Waals surface area (Å²) < 4.78 is 10.0. The quantitative estimate of drug-likeness (QED) is 0.594. The van der Waals surface area contributed by atoms with Gasteiger partial charge in [0.15, 0.2) is 0 Å². The van der Waals surface area contributed by atoms with Crippen molar-refractivity contribution >= 4 is 23.3 Å². The molecule has 19 heavy (non-hydrogen) atoms. The van der Waals surface area contributed by atoms with Gasteiger partial charge in [-0.05, 0) is 26.0 Å². The van der Waals surface area contributed by atoms with E-state index in [1.165, 1.54) is 11.3 Å². The number of esters is 2. The molecule has 0 N–H and O–H groups in total. The Morgan fingerprint density at radius 1 is 1.00 bits per heavy atom. The lowest BCUT2D eigenvalue weighted by molar-refractivity contribution is -0.140. The molecule has 1 aromatic heterocycles. The minimum Gasteiger partial charge on any atom is -0.457 e. The molecule has 0 fully saturated rings. The Balaban J connectivity index is 2.44. The van der Waals surface area contributed by atoms with Crippen molar-refractivity contribution in [1.29, 1.82) is 0 Å². The molecule has 0 unspecified atom stereocenters. The first-order chi connectivity index (χ1) is 8.90. The van der Waals surface area contributed by atoms with Gasteiger partial charge >= 0.3 is 11.9 Å². The third-order valence-electron chi connectivity index (χ3n) is 2.11. The molecular formula is C14H16O4S. The number of hydrogen-bond acceptors (Lipinski definition) is 5. The van der Waals surface area contributed by atoms with Crippen LogP contribution in [-0.4, -0.2) is 11.9 Å². The lowest BCUT2D eigenvalue weighted by atomic mass is 10.3. The zero-order valence-corrected chi connectivity index (χ0v) is 11.8. The van der Waals surface area contributed by atoms with Gasteiger partial charge in [-0.3, -0.25) is 0 Å². The average molecular weight is 280 g/mol. The largest absolute Gasteiger partial charge is 0.457 e. The van der Waals surface area contributed by atoms with Crippen molar-refractivity contribution in [1.82, 2.24) is 0 Å². The van der Waals surface area contributed by atoms with Crippen molar-refractivity contribution in [3.63, 3.8) is 0 Å². The molecule has 102 valence electrons. The first-order valence-corrected chi connectivity index (χ1v) is 6.44. The summed E-state index contributed by atoms with van der Waals surface area (Å²) in [5, 5.41) is 0. The van der Waals surface area contributed by atoms with E-state index < -0.39 is 11.9 Å². The molecule has 1 heterocycles. The van der Waals surface area contributed by atoms with E-state index in [0.29, 0.717) is 11.1 Å². The molecule has 0 saturated heterocycles. The van der Waals surface area contributed by atoms with Crippen molar-refractivity contribution in [3.8, 4) is 0 Å². The highest BCUT2D eigenvalue weighted by Crippen LogP contribution is 2.19. The minimum absolute atomic E-state index is 0.199. The first-order valence-electron chi connectivity index (χ1n) is 5.63. The van der Waals surface area contributed by atoms with Crippen LogP contribution in [0, 0.1) is 0 Å². The van der Waals surface area contributed by atoms with Crippen molar-refractivity contribution < 1.29 is 19.1 Å². The summed E-state index contributed by atoms with van der Waals surface area (Å²) in [7, 11) is 0. The van der Waals surface area contributed by atoms with E-state index >= 15 is 0 Å². The third kappa shape index (κ3) is 5.09. The molecule has 0 amide bonds. The molecule has 0 spiro atoms. The fraction of sp³-hybridized carbons (Fsp3) is 0.286. The van der Waals surface area contributed by atoms with E-state index in [9.17, 15) is 9.59 Å². The van der Waals surface area contributed by atoms with Gasteiger partial charge in [0, 0.05) is 20.9 Å². The molecule has 0 aliphatic rings. The van der Waals surface area contributed by atoms with E-state index in [2.05, 4.69) is 13.2 Å². The summed E-state index contributed by atoms with van der Waals surface area (Å²) >= 11 is 1.43. The second-order valence-corrected chi connectivity index (χ2v) is 5.33. The van der Waals surface area contributed by atoms with Crippen molar-refractivity contribution in [2.24, 2.45) is 0 Å². The standard InChI is InChI=1S/C14H16O4S/c1-9(2)13(15)17-7-11-5-6-12(19-11)8-18-14(16)10(3)4/h5-6H,1,3,7-8H2,2,4H3. The SMILES string of the molecule is C=C(C)C(=O)OCc1ccc(COC(=O)C(=C)C)s1. The fourth-order valence-corrected chi connectivity index (χ4v) is 1.94. The molecule has 0 bridgehead atoms. The highest BCUT2D eigenvalue weighted by molar-refractivity contribution is 7.11. The molecule has 4 nitrogen and oxygen atoms in total. The van der Waals surface area contributed by atoms with E-state index in [4.69, 9.17) is 9.47 Å². The maximum atomic E-state index is 11.2. The van der Waals surface area contributed by atoms with Gasteiger partial charge < -0.3 is 9.47 Å². The maximum absolute atomic E-state index is 11.2. The molecule has 5 heteroatoms. The topological polar surface area (TPSA) is 52.6 Å². The van der Waals surface area contributed by atoms with E-state index in [1.807, 2.05) is 12.1 Å². The molecular weight excluding hydrogens is 264 g/mol. The number of thiophene rings is 1. The summed E-state index contributed by atoms with van der Waals surface area (Å²) in [6, 6.07) is 3.67. The molecule has 1 aromatic rings. The Morgan fingerprint density at radius 3 is 1.68 bits per heavy atom. The Kier molecular flexibility index (Phi) is 5.51. The normalized spacial score (nSPS) is 9.79. The summed E-state index contributed by atoms with van der Waals surface area (Å²) in [6.45, 7) is 10.6. The Morgan fingerprint density at radius 2 is 1.37 bits per heavy atom. The van der Waals surface area contributed by atoms with Crippen LogP contribution in [0.1, 0.15) is 23.6 Å². The van der Waals surface area contributed by atoms with Crippen LogP contribution in [0.4, 0.5) is 0 Å². The number of hydrogen-bond donors (Lipinski definition) is 0. The molecule has 0 aromatic carbocycles. The zero-order valence-electron chi connectivity index (χ0n) is 11.0. The van der Waals surface area contributed by atoms with Crippen LogP contribution in [-0.2, 0) is 32.3 Å². The lowest BCUT2D eigenvalue weighted by Crippen LogP contribution is -2.04. The van der Waals surface area contributed by atoms with Gasteiger partial charge in [-0.1, -0.05) is 13.2 Å². The van der Waals surface area contributed by atoms with E-state index in [-0.39, 0.29) is 13.2 Å². The molecule has 0 saturated carbocycles. The summed E-state index contributed by atoms with van der Waals surface area (Å²) in [5.74, 6) is -0.827. The van der Waals surface area contributed by atoms with Gasteiger partial charge in [0.05, 0.1) is 0 Å². The van der Waals surface area contributed by atoms with Gasteiger partial charge in [0.25, 0.3) is 0 Å². The van der Waals surface area contributed by atoms with Crippen LogP contribution in [0.5, 0.6) is 0 Å². The second-order valence-electron chi connectivity index (χ2n) is 4.08. The molecule has 1 rings (SSSR count). The Labute approximate surface area is 116 Å². The number of carbonyl (C=O) groups excluding carboxylic acids is 2. The molecule has 0 aliphatic carbocycles. The minimum atomic E-state index is -0.413. The lowest BCUT2D eigenvalue weighted by Gasteiger charge is -2.02. The Hall–Kier alpha value is -1.88. The highest BCUT2D eigenvalue weighted by atomic mass is 32.1. The third-order valence-corrected chi connectivity index (χ3v) is 3.14. The predicted molar refractivity (Wildman–Crippen MR) is 73.5 cm³/mol. The van der Waals surface area contributed by atoms with Crippen LogP contribution in [0.25, 0.3) is 0 Å². The van der Waals surface area contributed by atoms with E-state index in [1.54, 1.807) is 13.8 Å². The Bertz CT molecular complexity index is 469. The summed E-state index contributed by atoms with van der Waals surface area (Å²) in [6.07, 6.45) is 0. The monoisotopic (exact) mass is 280 g/mol. The van der Waals surface area contributed by atoms with Crippen molar-refractivity contribution in [3.05, 3.63) is 46.2 Å². The van der Waals surface area contributed by atoms with Gasteiger partial charge in [0.2, 0.25) is 0 Å². The summed E-state index contributed by atoms with van der Waals surface area (Å²) in [5.41, 5.74) is 0.735. The molecule has 0 aliphatic heterocycles. The van der Waals surface area contributed by atoms with Gasteiger partial charge in [-0.15, -0.1) is 11.3 Å². The average Bonchev–Trinajstić information content (AvgIpc) is 2.80. The zero-order chi connectivity index (χ0) is 14.4. The fourth-order valence-electron chi connectivity index (χ4n) is 1.10. The first kappa shape index (κ1) is 15.2. The number of rotatable bonds is 6. The van der Waals surface area contributed by atoms with Crippen LogP contribution in [0.15, 0.2) is 36.4 Å². The van der Waals surface area contributed by atoms with Gasteiger partial charge in [-0.25, -0.2) is 9.59 Å². The number of carbonyl (C=O) groups is 2.